The van der Waals surface area contributed by atoms with Crippen molar-refractivity contribution in [1.82, 2.24) is 15.5 Å². The molecule has 1 aromatic rings. The maximum absolute atomic E-state index is 9.53. The number of aliphatic hydroxyl groups is 1. The van der Waals surface area contributed by atoms with Crippen LogP contribution in [0.1, 0.15) is 44.2 Å². The zero-order chi connectivity index (χ0) is 19.1. The van der Waals surface area contributed by atoms with E-state index in [1.165, 1.54) is 18.4 Å². The first-order valence-electron chi connectivity index (χ1n) is 10.2. The van der Waals surface area contributed by atoms with Crippen molar-refractivity contribution in [2.75, 3.05) is 46.4 Å². The van der Waals surface area contributed by atoms with Gasteiger partial charge in [0.15, 0.2) is 5.96 Å². The van der Waals surface area contributed by atoms with E-state index in [1.807, 2.05) is 6.07 Å². The van der Waals surface area contributed by atoms with Crippen LogP contribution in [0.2, 0.25) is 0 Å². The minimum absolute atomic E-state index is 0.0313. The second-order valence-corrected chi connectivity index (χ2v) is 7.77. The number of aliphatic hydroxyl groups excluding tert-OH is 1. The lowest BCUT2D eigenvalue weighted by molar-refractivity contribution is 0.216. The first kappa shape index (κ1) is 20.0. The van der Waals surface area contributed by atoms with Crippen molar-refractivity contribution in [2.24, 2.45) is 10.4 Å². The number of rotatable bonds is 9. The summed E-state index contributed by atoms with van der Waals surface area (Å²) in [5.74, 6) is 1.74. The minimum Gasteiger partial charge on any atom is -0.497 e. The average molecular weight is 375 g/mol. The Hall–Kier alpha value is -1.79. The van der Waals surface area contributed by atoms with Crippen LogP contribution in [0.3, 0.4) is 0 Å². The van der Waals surface area contributed by atoms with Crippen LogP contribution in [0, 0.1) is 5.41 Å². The average Bonchev–Trinajstić information content (AvgIpc) is 3.29. The van der Waals surface area contributed by atoms with E-state index in [2.05, 4.69) is 40.7 Å². The van der Waals surface area contributed by atoms with E-state index in [4.69, 9.17) is 9.73 Å². The molecule has 150 valence electrons. The largest absolute Gasteiger partial charge is 0.497 e. The number of ether oxygens (including phenoxy) is 1. The van der Waals surface area contributed by atoms with Crippen molar-refractivity contribution in [2.45, 2.75) is 38.6 Å². The third kappa shape index (κ3) is 5.36. The number of aliphatic imine (C=N–C) groups is 1. The van der Waals surface area contributed by atoms with Gasteiger partial charge in [-0.1, -0.05) is 12.1 Å². The summed E-state index contributed by atoms with van der Waals surface area (Å²) in [6.07, 6.45) is 4.67. The summed E-state index contributed by atoms with van der Waals surface area (Å²) in [6.45, 7) is 6.88. The van der Waals surface area contributed by atoms with E-state index in [0.717, 1.165) is 50.7 Å². The van der Waals surface area contributed by atoms with Crippen LogP contribution < -0.4 is 15.4 Å². The summed E-state index contributed by atoms with van der Waals surface area (Å²) < 4.78 is 5.43. The first-order chi connectivity index (χ1) is 13.2. The van der Waals surface area contributed by atoms with Crippen molar-refractivity contribution in [3.8, 4) is 5.75 Å². The summed E-state index contributed by atoms with van der Waals surface area (Å²) >= 11 is 0. The third-order valence-corrected chi connectivity index (χ3v) is 5.73. The Balaban J connectivity index is 1.69. The number of methoxy groups -OCH3 is 1. The van der Waals surface area contributed by atoms with Gasteiger partial charge in [0.2, 0.25) is 0 Å². The number of nitrogens with zero attached hydrogens (tertiary/aromatic N) is 2. The molecule has 0 bridgehead atoms. The molecule has 2 fully saturated rings. The smallest absolute Gasteiger partial charge is 0.191 e. The van der Waals surface area contributed by atoms with Crippen LogP contribution in [-0.4, -0.2) is 62.4 Å². The van der Waals surface area contributed by atoms with E-state index in [9.17, 15) is 5.11 Å². The highest BCUT2D eigenvalue weighted by molar-refractivity contribution is 5.79. The van der Waals surface area contributed by atoms with Crippen LogP contribution in [0.5, 0.6) is 5.75 Å². The van der Waals surface area contributed by atoms with Crippen LogP contribution in [0.4, 0.5) is 0 Å². The molecule has 1 aliphatic heterocycles. The molecule has 1 aliphatic carbocycles. The molecule has 1 saturated carbocycles. The molecule has 2 aliphatic rings. The SMILES string of the molecule is CCNC(=NCC1(CO)CC1)NCC(c1cccc(OC)c1)N1CCCC1. The van der Waals surface area contributed by atoms with Crippen LogP contribution in [-0.2, 0) is 0 Å². The van der Waals surface area contributed by atoms with Gasteiger partial charge in [0.05, 0.1) is 26.3 Å². The molecule has 3 rings (SSSR count). The van der Waals surface area contributed by atoms with Crippen molar-refractivity contribution in [3.05, 3.63) is 29.8 Å². The van der Waals surface area contributed by atoms with E-state index < -0.39 is 0 Å². The lowest BCUT2D eigenvalue weighted by Gasteiger charge is -2.29. The molecule has 1 saturated heterocycles. The highest BCUT2D eigenvalue weighted by Gasteiger charge is 2.41. The number of benzene rings is 1. The second-order valence-electron chi connectivity index (χ2n) is 7.77. The van der Waals surface area contributed by atoms with Crippen LogP contribution in [0.15, 0.2) is 29.3 Å². The van der Waals surface area contributed by atoms with Gasteiger partial charge in [-0.05, 0) is 63.4 Å². The summed E-state index contributed by atoms with van der Waals surface area (Å²) in [7, 11) is 1.72. The Labute approximate surface area is 163 Å². The molecule has 0 radical (unpaired) electrons. The van der Waals surface area contributed by atoms with Gasteiger partial charge in [0.25, 0.3) is 0 Å². The van der Waals surface area contributed by atoms with E-state index in [-0.39, 0.29) is 12.0 Å². The number of hydrogen-bond acceptors (Lipinski definition) is 4. The molecule has 1 aromatic carbocycles. The molecule has 0 amide bonds. The molecular formula is C21H34N4O2. The van der Waals surface area contributed by atoms with E-state index in [0.29, 0.717) is 12.6 Å². The topological polar surface area (TPSA) is 69.1 Å². The predicted octanol–water partition coefficient (Wildman–Crippen LogP) is 2.16. The molecule has 3 N–H and O–H groups in total. The van der Waals surface area contributed by atoms with Crippen LogP contribution in [0.25, 0.3) is 0 Å². The maximum Gasteiger partial charge on any atom is 0.191 e. The molecule has 0 spiro atoms. The van der Waals surface area contributed by atoms with Crippen molar-refractivity contribution >= 4 is 5.96 Å². The van der Waals surface area contributed by atoms with Gasteiger partial charge in [-0.3, -0.25) is 9.89 Å². The van der Waals surface area contributed by atoms with Gasteiger partial charge in [-0.2, -0.15) is 0 Å². The molecule has 6 nitrogen and oxygen atoms in total. The molecular weight excluding hydrogens is 340 g/mol. The van der Waals surface area contributed by atoms with Crippen molar-refractivity contribution in [1.29, 1.82) is 0 Å². The Bertz CT molecular complexity index is 624. The zero-order valence-electron chi connectivity index (χ0n) is 16.7. The summed E-state index contributed by atoms with van der Waals surface area (Å²) in [5.41, 5.74) is 1.30. The molecule has 1 unspecified atom stereocenters. The lowest BCUT2D eigenvalue weighted by atomic mass is 10.1. The van der Waals surface area contributed by atoms with E-state index in [1.54, 1.807) is 7.11 Å². The number of hydrogen-bond donors (Lipinski definition) is 3. The van der Waals surface area contributed by atoms with Gasteiger partial charge in [0.1, 0.15) is 5.75 Å². The molecule has 27 heavy (non-hydrogen) atoms. The normalized spacial score (nSPS) is 20.3. The van der Waals surface area contributed by atoms with Crippen molar-refractivity contribution < 1.29 is 9.84 Å². The standard InChI is InChI=1S/C21H34N4O2/c1-3-22-20(24-15-21(16-26)9-10-21)23-14-19(25-11-4-5-12-25)17-7-6-8-18(13-17)27-2/h6-8,13,19,26H,3-5,9-12,14-16H2,1-2H3,(H2,22,23,24). The van der Waals surface area contributed by atoms with Gasteiger partial charge in [-0.15, -0.1) is 0 Å². The van der Waals surface area contributed by atoms with Crippen molar-refractivity contribution in [3.63, 3.8) is 0 Å². The lowest BCUT2D eigenvalue weighted by Crippen LogP contribution is -2.43. The minimum atomic E-state index is 0.0313. The maximum atomic E-state index is 9.53. The van der Waals surface area contributed by atoms with Gasteiger partial charge in [0, 0.05) is 18.5 Å². The summed E-state index contributed by atoms with van der Waals surface area (Å²) in [4.78, 5) is 7.28. The fourth-order valence-electron chi connectivity index (χ4n) is 3.68. The molecule has 1 atom stereocenters. The highest BCUT2D eigenvalue weighted by Crippen LogP contribution is 2.45. The number of likely N-dealkylation sites (tertiary alicyclic amines) is 1. The number of nitrogens with one attached hydrogen (secondary N) is 2. The van der Waals surface area contributed by atoms with Gasteiger partial charge >= 0.3 is 0 Å². The van der Waals surface area contributed by atoms with E-state index >= 15 is 0 Å². The predicted molar refractivity (Wildman–Crippen MR) is 109 cm³/mol. The second kappa shape index (κ2) is 9.42. The molecule has 6 heteroatoms. The fourth-order valence-corrected chi connectivity index (χ4v) is 3.68. The summed E-state index contributed by atoms with van der Waals surface area (Å²) in [6, 6.07) is 8.67. The number of guanidine groups is 1. The van der Waals surface area contributed by atoms with Gasteiger partial charge in [-0.25, -0.2) is 0 Å². The van der Waals surface area contributed by atoms with Crippen LogP contribution >= 0.6 is 0 Å². The monoisotopic (exact) mass is 374 g/mol. The molecule has 1 heterocycles. The Morgan fingerprint density at radius 1 is 1.30 bits per heavy atom. The quantitative estimate of drug-likeness (QED) is 0.456. The summed E-state index contributed by atoms with van der Waals surface area (Å²) in [5, 5.41) is 16.4. The Morgan fingerprint density at radius 2 is 2.07 bits per heavy atom. The first-order valence-corrected chi connectivity index (χ1v) is 10.2. The fraction of sp³-hybridized carbons (Fsp3) is 0.667. The Kier molecular flexibility index (Phi) is 6.96. The Morgan fingerprint density at radius 3 is 2.70 bits per heavy atom. The zero-order valence-corrected chi connectivity index (χ0v) is 16.7. The van der Waals surface area contributed by atoms with Gasteiger partial charge < -0.3 is 20.5 Å². The third-order valence-electron chi connectivity index (χ3n) is 5.73. The highest BCUT2D eigenvalue weighted by atomic mass is 16.5. The molecule has 0 aromatic heterocycles.